The molecule has 108 valence electrons. The van der Waals surface area contributed by atoms with Gasteiger partial charge >= 0.3 is 0 Å². The number of amides is 1. The van der Waals surface area contributed by atoms with Gasteiger partial charge in [0.1, 0.15) is 0 Å². The Hall–Kier alpha value is -1.84. The second-order valence-electron chi connectivity index (χ2n) is 5.28. The summed E-state index contributed by atoms with van der Waals surface area (Å²) in [6.45, 7) is 3.69. The molecule has 0 bridgehead atoms. The summed E-state index contributed by atoms with van der Waals surface area (Å²) < 4.78 is 0. The van der Waals surface area contributed by atoms with Crippen molar-refractivity contribution in [3.05, 3.63) is 63.7 Å². The van der Waals surface area contributed by atoms with Crippen molar-refractivity contribution in [3.8, 4) is 0 Å². The van der Waals surface area contributed by atoms with Crippen molar-refractivity contribution in [2.75, 3.05) is 11.9 Å². The molecule has 0 aliphatic carbocycles. The molecule has 1 aliphatic rings. The first-order valence-corrected chi connectivity index (χ1v) is 7.42. The Labute approximate surface area is 129 Å². The molecule has 3 nitrogen and oxygen atoms in total. The van der Waals surface area contributed by atoms with Crippen molar-refractivity contribution in [2.45, 2.75) is 19.9 Å². The summed E-state index contributed by atoms with van der Waals surface area (Å²) in [7, 11) is 0. The molecule has 21 heavy (non-hydrogen) atoms. The predicted octanol–water partition coefficient (Wildman–Crippen LogP) is 3.55. The van der Waals surface area contributed by atoms with Crippen LogP contribution >= 0.6 is 11.6 Å². The van der Waals surface area contributed by atoms with Gasteiger partial charge in [0.2, 0.25) is 0 Å². The van der Waals surface area contributed by atoms with Gasteiger partial charge < -0.3 is 10.6 Å². The monoisotopic (exact) mass is 300 g/mol. The van der Waals surface area contributed by atoms with Crippen molar-refractivity contribution < 1.29 is 4.79 Å². The van der Waals surface area contributed by atoms with E-state index in [1.807, 2.05) is 31.2 Å². The van der Waals surface area contributed by atoms with Crippen LogP contribution in [0, 0.1) is 6.92 Å². The highest BCUT2D eigenvalue weighted by atomic mass is 35.5. The van der Waals surface area contributed by atoms with Crippen molar-refractivity contribution in [3.63, 3.8) is 0 Å². The molecule has 1 aliphatic heterocycles. The first-order chi connectivity index (χ1) is 10.1. The van der Waals surface area contributed by atoms with E-state index in [0.717, 1.165) is 41.9 Å². The molecule has 2 aromatic carbocycles. The van der Waals surface area contributed by atoms with Crippen LogP contribution in [0.1, 0.15) is 27.0 Å². The average molecular weight is 301 g/mol. The summed E-state index contributed by atoms with van der Waals surface area (Å²) in [5.74, 6) is -0.0703. The van der Waals surface area contributed by atoms with E-state index in [0.29, 0.717) is 5.02 Å². The fourth-order valence-corrected chi connectivity index (χ4v) is 2.84. The zero-order chi connectivity index (χ0) is 14.8. The van der Waals surface area contributed by atoms with Crippen molar-refractivity contribution >= 4 is 23.2 Å². The van der Waals surface area contributed by atoms with E-state index in [2.05, 4.69) is 16.7 Å². The fraction of sp³-hybridized carbons (Fsp3) is 0.235. The smallest absolute Gasteiger partial charge is 0.255 e. The molecular weight excluding hydrogens is 284 g/mol. The third-order valence-electron chi connectivity index (χ3n) is 3.83. The summed E-state index contributed by atoms with van der Waals surface area (Å²) in [6, 6.07) is 11.4. The number of fused-ring (bicyclic) bond motifs is 1. The average Bonchev–Trinajstić information content (AvgIpc) is 2.50. The normalized spacial score (nSPS) is 13.6. The Morgan fingerprint density at radius 2 is 2.14 bits per heavy atom. The lowest BCUT2D eigenvalue weighted by molar-refractivity contribution is 0.102. The number of aryl methyl sites for hydroxylation is 1. The van der Waals surface area contributed by atoms with E-state index in [1.54, 1.807) is 6.07 Å². The number of benzene rings is 2. The van der Waals surface area contributed by atoms with Gasteiger partial charge in [-0.05, 0) is 54.8 Å². The quantitative estimate of drug-likeness (QED) is 0.890. The third kappa shape index (κ3) is 2.94. The number of carbonyl (C=O) groups is 1. The number of halogens is 1. The van der Waals surface area contributed by atoms with E-state index in [1.165, 1.54) is 5.56 Å². The molecule has 0 saturated carbocycles. The molecule has 0 radical (unpaired) electrons. The van der Waals surface area contributed by atoms with E-state index in [-0.39, 0.29) is 5.91 Å². The maximum atomic E-state index is 12.6. The molecule has 0 spiro atoms. The highest BCUT2D eigenvalue weighted by Gasteiger charge is 2.17. The SMILES string of the molecule is Cc1ccc(Cl)cc1NC(=O)c1cccc2c1CCNC2. The van der Waals surface area contributed by atoms with E-state index in [4.69, 9.17) is 11.6 Å². The number of rotatable bonds is 2. The van der Waals surface area contributed by atoms with Gasteiger partial charge in [0.25, 0.3) is 5.91 Å². The van der Waals surface area contributed by atoms with E-state index in [9.17, 15) is 4.79 Å². The minimum Gasteiger partial charge on any atom is -0.322 e. The molecule has 1 amide bonds. The van der Waals surface area contributed by atoms with Gasteiger partial charge in [-0.25, -0.2) is 0 Å². The zero-order valence-corrected chi connectivity index (χ0v) is 12.6. The summed E-state index contributed by atoms with van der Waals surface area (Å²) in [5, 5.41) is 6.92. The van der Waals surface area contributed by atoms with E-state index < -0.39 is 0 Å². The molecule has 1 heterocycles. The van der Waals surface area contributed by atoms with Gasteiger partial charge in [0, 0.05) is 22.8 Å². The van der Waals surface area contributed by atoms with Crippen LogP contribution in [0.4, 0.5) is 5.69 Å². The van der Waals surface area contributed by atoms with Gasteiger partial charge in [-0.2, -0.15) is 0 Å². The van der Waals surface area contributed by atoms with Crippen LogP contribution in [-0.2, 0) is 13.0 Å². The zero-order valence-electron chi connectivity index (χ0n) is 11.9. The number of hydrogen-bond acceptors (Lipinski definition) is 2. The Balaban J connectivity index is 1.91. The molecule has 0 saturated heterocycles. The molecular formula is C17H17ClN2O. The molecule has 0 atom stereocenters. The predicted molar refractivity (Wildman–Crippen MR) is 86.0 cm³/mol. The van der Waals surface area contributed by atoms with Crippen LogP contribution in [0.15, 0.2) is 36.4 Å². The highest BCUT2D eigenvalue weighted by molar-refractivity contribution is 6.31. The molecule has 0 aromatic heterocycles. The summed E-state index contributed by atoms with van der Waals surface area (Å²) in [5.41, 5.74) is 4.87. The maximum absolute atomic E-state index is 12.6. The first-order valence-electron chi connectivity index (χ1n) is 7.04. The molecule has 2 aromatic rings. The Kier molecular flexibility index (Phi) is 3.95. The van der Waals surface area contributed by atoms with Crippen LogP contribution in [0.2, 0.25) is 5.02 Å². The largest absolute Gasteiger partial charge is 0.322 e. The van der Waals surface area contributed by atoms with Crippen LogP contribution in [0.3, 0.4) is 0 Å². The van der Waals surface area contributed by atoms with Gasteiger partial charge in [0.05, 0.1) is 0 Å². The first kappa shape index (κ1) is 14.1. The number of hydrogen-bond donors (Lipinski definition) is 2. The molecule has 3 rings (SSSR count). The Morgan fingerprint density at radius 1 is 1.29 bits per heavy atom. The summed E-state index contributed by atoms with van der Waals surface area (Å²) in [6.07, 6.45) is 0.882. The number of carbonyl (C=O) groups excluding carboxylic acids is 1. The second-order valence-corrected chi connectivity index (χ2v) is 5.72. The van der Waals surface area contributed by atoms with Crippen LogP contribution in [-0.4, -0.2) is 12.5 Å². The Bertz CT molecular complexity index is 697. The maximum Gasteiger partial charge on any atom is 0.255 e. The second kappa shape index (κ2) is 5.88. The molecule has 2 N–H and O–H groups in total. The number of nitrogens with one attached hydrogen (secondary N) is 2. The van der Waals surface area contributed by atoms with Crippen LogP contribution in [0.25, 0.3) is 0 Å². The van der Waals surface area contributed by atoms with Crippen LogP contribution in [0.5, 0.6) is 0 Å². The standard InChI is InChI=1S/C17H17ClN2O/c1-11-5-6-13(18)9-16(11)20-17(21)15-4-2-3-12-10-19-8-7-14(12)15/h2-6,9,19H,7-8,10H2,1H3,(H,20,21). The molecule has 0 fully saturated rings. The lowest BCUT2D eigenvalue weighted by Crippen LogP contribution is -2.26. The Morgan fingerprint density at radius 3 is 3.00 bits per heavy atom. The van der Waals surface area contributed by atoms with Gasteiger partial charge in [-0.15, -0.1) is 0 Å². The van der Waals surface area contributed by atoms with Crippen molar-refractivity contribution in [1.82, 2.24) is 5.32 Å². The topological polar surface area (TPSA) is 41.1 Å². The minimum atomic E-state index is -0.0703. The fourth-order valence-electron chi connectivity index (χ4n) is 2.66. The summed E-state index contributed by atoms with van der Waals surface area (Å²) >= 11 is 6.00. The van der Waals surface area contributed by atoms with Crippen molar-refractivity contribution in [2.24, 2.45) is 0 Å². The number of anilines is 1. The highest BCUT2D eigenvalue weighted by Crippen LogP contribution is 2.23. The third-order valence-corrected chi connectivity index (χ3v) is 4.07. The molecule has 4 heteroatoms. The van der Waals surface area contributed by atoms with Gasteiger partial charge in [0.15, 0.2) is 0 Å². The van der Waals surface area contributed by atoms with E-state index >= 15 is 0 Å². The summed E-state index contributed by atoms with van der Waals surface area (Å²) in [4.78, 5) is 12.6. The van der Waals surface area contributed by atoms with Crippen LogP contribution < -0.4 is 10.6 Å². The molecule has 0 unspecified atom stereocenters. The van der Waals surface area contributed by atoms with Crippen molar-refractivity contribution in [1.29, 1.82) is 0 Å². The van der Waals surface area contributed by atoms with Gasteiger partial charge in [-0.3, -0.25) is 4.79 Å². The lowest BCUT2D eigenvalue weighted by atomic mass is 9.95. The minimum absolute atomic E-state index is 0.0703. The lowest BCUT2D eigenvalue weighted by Gasteiger charge is -2.20. The van der Waals surface area contributed by atoms with Gasteiger partial charge in [-0.1, -0.05) is 29.8 Å².